The van der Waals surface area contributed by atoms with Gasteiger partial charge in [-0.15, -0.1) is 0 Å². The Morgan fingerprint density at radius 2 is 2.39 bits per heavy atom. The van der Waals surface area contributed by atoms with Gasteiger partial charge >= 0.3 is 5.97 Å². The van der Waals surface area contributed by atoms with Crippen LogP contribution in [0.25, 0.3) is 0 Å². The molecule has 0 spiro atoms. The molecule has 1 fully saturated rings. The summed E-state index contributed by atoms with van der Waals surface area (Å²) in [7, 11) is 0. The molecule has 1 aromatic heterocycles. The molecule has 1 aliphatic rings. The van der Waals surface area contributed by atoms with Crippen LogP contribution < -0.4 is 5.32 Å². The lowest BCUT2D eigenvalue weighted by Crippen LogP contribution is -2.38. The summed E-state index contributed by atoms with van der Waals surface area (Å²) >= 11 is 0. The molecule has 2 N–H and O–H groups in total. The Labute approximate surface area is 106 Å². The summed E-state index contributed by atoms with van der Waals surface area (Å²) in [5, 5.41) is 15.9. The van der Waals surface area contributed by atoms with Crippen molar-refractivity contribution in [3.8, 4) is 0 Å². The van der Waals surface area contributed by atoms with Gasteiger partial charge in [0.05, 0.1) is 6.54 Å². The number of aromatic nitrogens is 2. The zero-order valence-electron chi connectivity index (χ0n) is 10.6. The van der Waals surface area contributed by atoms with E-state index in [9.17, 15) is 4.79 Å². The van der Waals surface area contributed by atoms with Crippen molar-refractivity contribution in [2.75, 3.05) is 0 Å². The summed E-state index contributed by atoms with van der Waals surface area (Å²) in [5.41, 5.74) is 0. The topological polar surface area (TPSA) is 88.2 Å². The first kappa shape index (κ1) is 13.0. The molecule has 0 saturated heterocycles. The van der Waals surface area contributed by atoms with Crippen molar-refractivity contribution < 1.29 is 14.4 Å². The Morgan fingerprint density at radius 3 is 3.00 bits per heavy atom. The highest BCUT2D eigenvalue weighted by atomic mass is 16.5. The van der Waals surface area contributed by atoms with E-state index in [2.05, 4.69) is 22.4 Å². The summed E-state index contributed by atoms with van der Waals surface area (Å²) in [6.45, 7) is 2.43. The molecule has 6 heteroatoms. The third-order valence-corrected chi connectivity index (χ3v) is 3.10. The second kappa shape index (κ2) is 5.95. The molecular formula is C12H19N3O3. The highest BCUT2D eigenvalue weighted by molar-refractivity contribution is 5.74. The van der Waals surface area contributed by atoms with Crippen LogP contribution in [0.15, 0.2) is 4.52 Å². The van der Waals surface area contributed by atoms with Gasteiger partial charge in [-0.2, -0.15) is 4.98 Å². The van der Waals surface area contributed by atoms with E-state index in [0.717, 1.165) is 32.1 Å². The number of hydrogen-bond acceptors (Lipinski definition) is 5. The fraction of sp³-hybridized carbons (Fsp3) is 0.750. The zero-order valence-corrected chi connectivity index (χ0v) is 10.6. The van der Waals surface area contributed by atoms with E-state index in [0.29, 0.717) is 18.3 Å². The fourth-order valence-electron chi connectivity index (χ4n) is 1.88. The lowest BCUT2D eigenvalue weighted by molar-refractivity contribution is -0.140. The first-order chi connectivity index (χ1) is 8.70. The number of aliphatic carboxylic acids is 1. The lowest BCUT2D eigenvalue weighted by atomic mass is 10.2. The van der Waals surface area contributed by atoms with E-state index in [4.69, 9.17) is 9.63 Å². The van der Waals surface area contributed by atoms with Crippen LogP contribution in [0, 0.1) is 5.92 Å². The molecule has 0 amide bonds. The van der Waals surface area contributed by atoms with Gasteiger partial charge in [-0.25, -0.2) is 0 Å². The molecule has 0 aromatic carbocycles. The van der Waals surface area contributed by atoms with Crippen LogP contribution in [0.3, 0.4) is 0 Å². The van der Waals surface area contributed by atoms with Crippen molar-refractivity contribution >= 4 is 5.97 Å². The molecule has 1 heterocycles. The minimum Gasteiger partial charge on any atom is -0.480 e. The van der Waals surface area contributed by atoms with Crippen LogP contribution in [-0.4, -0.2) is 27.3 Å². The number of carboxylic acids is 1. The summed E-state index contributed by atoms with van der Waals surface area (Å²) in [6.07, 6.45) is 4.90. The van der Waals surface area contributed by atoms with Gasteiger partial charge in [0.25, 0.3) is 0 Å². The predicted molar refractivity (Wildman–Crippen MR) is 63.9 cm³/mol. The summed E-state index contributed by atoms with van der Waals surface area (Å²) in [6, 6.07) is -0.490. The van der Waals surface area contributed by atoms with Crippen LogP contribution in [0.2, 0.25) is 0 Å². The number of hydrogen-bond donors (Lipinski definition) is 2. The van der Waals surface area contributed by atoms with Crippen molar-refractivity contribution in [3.63, 3.8) is 0 Å². The van der Waals surface area contributed by atoms with Crippen molar-refractivity contribution in [1.29, 1.82) is 0 Å². The molecule has 100 valence electrons. The van der Waals surface area contributed by atoms with E-state index in [1.165, 1.54) is 0 Å². The normalized spacial score (nSPS) is 16.7. The van der Waals surface area contributed by atoms with Crippen LogP contribution in [-0.2, 0) is 17.8 Å². The highest BCUT2D eigenvalue weighted by Crippen LogP contribution is 2.32. The Kier molecular flexibility index (Phi) is 4.30. The maximum absolute atomic E-state index is 11.0. The molecule has 1 unspecified atom stereocenters. The number of carboxylic acid groups (broad SMARTS) is 1. The number of nitrogens with zero attached hydrogens (tertiary/aromatic N) is 2. The molecule has 6 nitrogen and oxygen atoms in total. The smallest absolute Gasteiger partial charge is 0.320 e. The van der Waals surface area contributed by atoms with E-state index >= 15 is 0 Å². The minimum atomic E-state index is -0.803. The maximum atomic E-state index is 11.0. The van der Waals surface area contributed by atoms with Crippen molar-refractivity contribution in [1.82, 2.24) is 15.5 Å². The monoisotopic (exact) mass is 253 g/mol. The molecule has 0 bridgehead atoms. The summed E-state index contributed by atoms with van der Waals surface area (Å²) < 4.78 is 5.08. The number of carbonyl (C=O) groups is 1. The standard InChI is InChI=1S/C12H19N3O3/c1-2-3-4-9-14-10(18-15-9)7-13-11(12(16)17)8-5-6-8/h8,11,13H,2-7H2,1H3,(H,16,17). The van der Waals surface area contributed by atoms with Crippen LogP contribution in [0.4, 0.5) is 0 Å². The van der Waals surface area contributed by atoms with Gasteiger partial charge in [-0.05, 0) is 25.2 Å². The van der Waals surface area contributed by atoms with Crippen LogP contribution in [0.1, 0.15) is 44.3 Å². The van der Waals surface area contributed by atoms with Gasteiger partial charge in [0.1, 0.15) is 6.04 Å². The van der Waals surface area contributed by atoms with E-state index in [1.807, 2.05) is 0 Å². The maximum Gasteiger partial charge on any atom is 0.320 e. The van der Waals surface area contributed by atoms with Crippen LogP contribution >= 0.6 is 0 Å². The molecule has 0 radical (unpaired) electrons. The molecule has 18 heavy (non-hydrogen) atoms. The average Bonchev–Trinajstić information content (AvgIpc) is 3.06. The van der Waals surface area contributed by atoms with Gasteiger partial charge < -0.3 is 9.63 Å². The number of rotatable bonds is 8. The van der Waals surface area contributed by atoms with Gasteiger partial charge in [0.15, 0.2) is 5.82 Å². The Bertz CT molecular complexity index is 401. The molecule has 1 aliphatic carbocycles. The molecule has 0 aliphatic heterocycles. The summed E-state index contributed by atoms with van der Waals surface area (Å²) in [4.78, 5) is 15.2. The van der Waals surface area contributed by atoms with Crippen molar-refractivity contribution in [2.45, 2.75) is 51.6 Å². The van der Waals surface area contributed by atoms with Gasteiger partial charge in [-0.1, -0.05) is 18.5 Å². The third-order valence-electron chi connectivity index (χ3n) is 3.10. The minimum absolute atomic E-state index is 0.255. The number of aryl methyl sites for hydroxylation is 1. The second-order valence-electron chi connectivity index (χ2n) is 4.74. The van der Waals surface area contributed by atoms with Gasteiger partial charge in [0.2, 0.25) is 5.89 Å². The lowest BCUT2D eigenvalue weighted by Gasteiger charge is -2.10. The molecule has 1 atom stereocenters. The van der Waals surface area contributed by atoms with Crippen molar-refractivity contribution in [2.24, 2.45) is 5.92 Å². The second-order valence-corrected chi connectivity index (χ2v) is 4.74. The molecular weight excluding hydrogens is 234 g/mol. The first-order valence-corrected chi connectivity index (χ1v) is 6.48. The van der Waals surface area contributed by atoms with Crippen molar-refractivity contribution in [3.05, 3.63) is 11.7 Å². The fourth-order valence-corrected chi connectivity index (χ4v) is 1.88. The first-order valence-electron chi connectivity index (χ1n) is 6.48. The largest absolute Gasteiger partial charge is 0.480 e. The van der Waals surface area contributed by atoms with Gasteiger partial charge in [-0.3, -0.25) is 10.1 Å². The Morgan fingerprint density at radius 1 is 1.61 bits per heavy atom. The van der Waals surface area contributed by atoms with E-state index < -0.39 is 12.0 Å². The van der Waals surface area contributed by atoms with E-state index in [-0.39, 0.29) is 5.92 Å². The predicted octanol–water partition coefficient (Wildman–Crippen LogP) is 1.36. The van der Waals surface area contributed by atoms with E-state index in [1.54, 1.807) is 0 Å². The number of unbranched alkanes of at least 4 members (excludes halogenated alkanes) is 1. The SMILES string of the molecule is CCCCc1noc(CNC(C(=O)O)C2CC2)n1. The zero-order chi connectivity index (χ0) is 13.0. The Balaban J connectivity index is 1.81. The van der Waals surface area contributed by atoms with Crippen LogP contribution in [0.5, 0.6) is 0 Å². The van der Waals surface area contributed by atoms with Gasteiger partial charge in [0, 0.05) is 6.42 Å². The molecule has 1 saturated carbocycles. The molecule has 1 aromatic rings. The number of nitrogens with one attached hydrogen (secondary N) is 1. The highest BCUT2D eigenvalue weighted by Gasteiger charge is 2.36. The molecule has 2 rings (SSSR count). The average molecular weight is 253 g/mol. The summed E-state index contributed by atoms with van der Waals surface area (Å²) in [5.74, 6) is 0.619. The quantitative estimate of drug-likeness (QED) is 0.727. The Hall–Kier alpha value is -1.43. The third kappa shape index (κ3) is 3.53.